The van der Waals surface area contributed by atoms with Crippen molar-refractivity contribution in [1.29, 1.82) is 0 Å². The second-order valence-electron chi connectivity index (χ2n) is 5.13. The van der Waals surface area contributed by atoms with Gasteiger partial charge in [-0.3, -0.25) is 4.98 Å². The van der Waals surface area contributed by atoms with Crippen LogP contribution in [-0.2, 0) is 23.1 Å². The van der Waals surface area contributed by atoms with Gasteiger partial charge in [0.25, 0.3) is 0 Å². The molecule has 24 heavy (non-hydrogen) atoms. The highest BCUT2D eigenvalue weighted by Gasteiger charge is 2.26. The van der Waals surface area contributed by atoms with Gasteiger partial charge in [-0.05, 0) is 48.5 Å². The summed E-state index contributed by atoms with van der Waals surface area (Å²) in [6.07, 6.45) is 3.17. The van der Waals surface area contributed by atoms with Gasteiger partial charge < -0.3 is 4.42 Å². The summed E-state index contributed by atoms with van der Waals surface area (Å²) in [6, 6.07) is 15.5. The summed E-state index contributed by atoms with van der Waals surface area (Å²) in [5.41, 5.74) is 0.671. The zero-order chi connectivity index (χ0) is 17.0. The number of nitrogens with zero attached hydrogens (tertiary/aromatic N) is 2. The van der Waals surface area contributed by atoms with E-state index in [1.807, 2.05) is 6.07 Å². The molecule has 0 aliphatic carbocycles. The maximum atomic E-state index is 13.0. The molecule has 5 nitrogen and oxygen atoms in total. The smallest absolute Gasteiger partial charge is 0.243 e. The van der Waals surface area contributed by atoms with E-state index in [2.05, 4.69) is 20.9 Å². The van der Waals surface area contributed by atoms with Crippen molar-refractivity contribution in [3.05, 3.63) is 83.0 Å². The Kier molecular flexibility index (Phi) is 5.13. The molecule has 2 heterocycles. The normalized spacial score (nSPS) is 11.8. The first-order valence-corrected chi connectivity index (χ1v) is 9.47. The van der Waals surface area contributed by atoms with Gasteiger partial charge in [0.15, 0.2) is 0 Å². The molecule has 0 bridgehead atoms. The van der Waals surface area contributed by atoms with E-state index in [0.29, 0.717) is 11.5 Å². The third-order valence-corrected chi connectivity index (χ3v) is 5.76. The number of hydrogen-bond donors (Lipinski definition) is 0. The number of hydrogen-bond acceptors (Lipinski definition) is 4. The lowest BCUT2D eigenvalue weighted by Gasteiger charge is -2.21. The largest absolute Gasteiger partial charge is 0.468 e. The molecule has 0 aliphatic heterocycles. The lowest BCUT2D eigenvalue weighted by molar-refractivity contribution is 0.355. The molecule has 124 valence electrons. The van der Waals surface area contributed by atoms with Crippen LogP contribution in [0.15, 0.2) is 80.8 Å². The summed E-state index contributed by atoms with van der Waals surface area (Å²) < 4.78 is 33.5. The molecule has 0 radical (unpaired) electrons. The molecule has 0 fully saturated rings. The molecule has 0 unspecified atom stereocenters. The van der Waals surface area contributed by atoms with Gasteiger partial charge in [0.2, 0.25) is 10.0 Å². The highest BCUT2D eigenvalue weighted by Crippen LogP contribution is 2.22. The van der Waals surface area contributed by atoms with E-state index in [9.17, 15) is 8.42 Å². The van der Waals surface area contributed by atoms with Gasteiger partial charge in [-0.15, -0.1) is 0 Å². The van der Waals surface area contributed by atoms with Gasteiger partial charge in [0.05, 0.1) is 29.9 Å². The van der Waals surface area contributed by atoms with Crippen molar-refractivity contribution in [1.82, 2.24) is 9.29 Å². The Morgan fingerprint density at radius 3 is 2.42 bits per heavy atom. The summed E-state index contributed by atoms with van der Waals surface area (Å²) in [5, 5.41) is 0. The van der Waals surface area contributed by atoms with Crippen LogP contribution in [0.3, 0.4) is 0 Å². The van der Waals surface area contributed by atoms with Crippen molar-refractivity contribution >= 4 is 26.0 Å². The first-order valence-electron chi connectivity index (χ1n) is 7.24. The van der Waals surface area contributed by atoms with Crippen LogP contribution < -0.4 is 0 Å². The molecule has 0 saturated carbocycles. The molecule has 2 aromatic heterocycles. The highest BCUT2D eigenvalue weighted by atomic mass is 79.9. The third kappa shape index (κ3) is 3.92. The Hall–Kier alpha value is -1.96. The van der Waals surface area contributed by atoms with Crippen LogP contribution in [0.2, 0.25) is 0 Å². The molecule has 0 spiro atoms. The minimum absolute atomic E-state index is 0.141. The summed E-state index contributed by atoms with van der Waals surface area (Å²) in [4.78, 5) is 4.45. The van der Waals surface area contributed by atoms with Crippen molar-refractivity contribution in [2.45, 2.75) is 18.0 Å². The molecule has 0 amide bonds. The Labute approximate surface area is 149 Å². The van der Waals surface area contributed by atoms with Crippen molar-refractivity contribution < 1.29 is 12.8 Å². The Bertz CT molecular complexity index is 879. The van der Waals surface area contributed by atoms with E-state index in [0.717, 1.165) is 4.47 Å². The molecule has 0 atom stereocenters. The van der Waals surface area contributed by atoms with E-state index < -0.39 is 10.0 Å². The minimum atomic E-state index is -3.68. The number of rotatable bonds is 6. The number of aromatic nitrogens is 1. The predicted molar refractivity (Wildman–Crippen MR) is 93.5 cm³/mol. The molecule has 0 N–H and O–H groups in total. The van der Waals surface area contributed by atoms with E-state index in [4.69, 9.17) is 4.42 Å². The first-order chi connectivity index (χ1) is 11.6. The number of pyridine rings is 1. The zero-order valence-electron chi connectivity index (χ0n) is 12.7. The van der Waals surface area contributed by atoms with Gasteiger partial charge in [-0.1, -0.05) is 22.0 Å². The van der Waals surface area contributed by atoms with Crippen molar-refractivity contribution in [3.63, 3.8) is 0 Å². The van der Waals surface area contributed by atoms with E-state index >= 15 is 0 Å². The Morgan fingerprint density at radius 1 is 1.00 bits per heavy atom. The molecular formula is C17H15BrN2O3S. The van der Waals surface area contributed by atoms with Crippen molar-refractivity contribution in [3.8, 4) is 0 Å². The number of benzene rings is 1. The second-order valence-corrected chi connectivity index (χ2v) is 7.98. The predicted octanol–water partition coefficient (Wildman–Crippen LogP) is 3.83. The standard InChI is InChI=1S/C17H15BrN2O3S/c18-14-6-8-17(9-7-14)24(21,22)20(13-16-5-3-11-23-16)12-15-4-1-2-10-19-15/h1-11H,12-13H2. The summed E-state index contributed by atoms with van der Waals surface area (Å²) in [5.74, 6) is 0.576. The average molecular weight is 407 g/mol. The molecular weight excluding hydrogens is 392 g/mol. The quantitative estimate of drug-likeness (QED) is 0.623. The maximum Gasteiger partial charge on any atom is 0.243 e. The average Bonchev–Trinajstić information content (AvgIpc) is 3.09. The molecule has 3 aromatic rings. The lowest BCUT2D eigenvalue weighted by atomic mass is 10.3. The molecule has 0 aliphatic rings. The van der Waals surface area contributed by atoms with Gasteiger partial charge >= 0.3 is 0 Å². The monoisotopic (exact) mass is 406 g/mol. The first kappa shape index (κ1) is 16.9. The minimum Gasteiger partial charge on any atom is -0.468 e. The Balaban J connectivity index is 1.94. The fourth-order valence-corrected chi connectivity index (χ4v) is 3.87. The van der Waals surface area contributed by atoms with Crippen LogP contribution in [0.4, 0.5) is 0 Å². The molecule has 3 rings (SSSR count). The van der Waals surface area contributed by atoms with Crippen molar-refractivity contribution in [2.75, 3.05) is 0 Å². The van der Waals surface area contributed by atoms with Crippen LogP contribution in [0.1, 0.15) is 11.5 Å². The topological polar surface area (TPSA) is 63.4 Å². The number of sulfonamides is 1. The fraction of sp³-hybridized carbons (Fsp3) is 0.118. The molecule has 0 saturated heterocycles. The zero-order valence-corrected chi connectivity index (χ0v) is 15.1. The lowest BCUT2D eigenvalue weighted by Crippen LogP contribution is -2.30. The van der Waals surface area contributed by atoms with Crippen molar-refractivity contribution in [2.24, 2.45) is 0 Å². The van der Waals surface area contributed by atoms with Gasteiger partial charge in [-0.2, -0.15) is 4.31 Å². The fourth-order valence-electron chi connectivity index (χ4n) is 2.23. The van der Waals surface area contributed by atoms with E-state index in [1.165, 1.54) is 10.6 Å². The third-order valence-electron chi connectivity index (χ3n) is 3.43. The summed E-state index contributed by atoms with van der Waals surface area (Å²) in [6.45, 7) is 0.307. The van der Waals surface area contributed by atoms with E-state index in [1.54, 1.807) is 54.7 Å². The number of furan rings is 1. The van der Waals surface area contributed by atoms with Crippen LogP contribution in [0.5, 0.6) is 0 Å². The van der Waals surface area contributed by atoms with Gasteiger partial charge in [-0.25, -0.2) is 8.42 Å². The van der Waals surface area contributed by atoms with Gasteiger partial charge in [0, 0.05) is 10.7 Å². The Morgan fingerprint density at radius 2 is 1.79 bits per heavy atom. The van der Waals surface area contributed by atoms with Crippen LogP contribution >= 0.6 is 15.9 Å². The molecule has 7 heteroatoms. The van der Waals surface area contributed by atoms with Crippen LogP contribution in [-0.4, -0.2) is 17.7 Å². The second kappa shape index (κ2) is 7.29. The highest BCUT2D eigenvalue weighted by molar-refractivity contribution is 9.10. The maximum absolute atomic E-state index is 13.0. The van der Waals surface area contributed by atoms with E-state index in [-0.39, 0.29) is 18.0 Å². The summed E-state index contributed by atoms with van der Waals surface area (Å²) >= 11 is 3.32. The van der Waals surface area contributed by atoms with Crippen LogP contribution in [0, 0.1) is 0 Å². The SMILES string of the molecule is O=S(=O)(c1ccc(Br)cc1)N(Cc1ccccn1)Cc1ccco1. The summed E-state index contributed by atoms with van der Waals surface area (Å²) in [7, 11) is -3.68. The number of halogens is 1. The van der Waals surface area contributed by atoms with Crippen LogP contribution in [0.25, 0.3) is 0 Å². The molecule has 1 aromatic carbocycles. The van der Waals surface area contributed by atoms with Gasteiger partial charge in [0.1, 0.15) is 5.76 Å².